The summed E-state index contributed by atoms with van der Waals surface area (Å²) in [6.45, 7) is 4.85. The van der Waals surface area contributed by atoms with Gasteiger partial charge < -0.3 is 4.74 Å². The number of imidazole rings is 1. The number of fused-ring (bicyclic) bond motifs is 1. The first-order valence-corrected chi connectivity index (χ1v) is 9.49. The normalized spacial score (nSPS) is 15.4. The van der Waals surface area contributed by atoms with Crippen molar-refractivity contribution in [3.8, 4) is 28.5 Å². The van der Waals surface area contributed by atoms with Crippen LogP contribution >= 0.6 is 11.6 Å². The predicted molar refractivity (Wildman–Crippen MR) is 101 cm³/mol. The van der Waals surface area contributed by atoms with Crippen molar-refractivity contribution in [3.63, 3.8) is 0 Å². The van der Waals surface area contributed by atoms with Crippen LogP contribution in [-0.4, -0.2) is 32.1 Å². The maximum Gasteiger partial charge on any atom is 0.204 e. The van der Waals surface area contributed by atoms with Crippen LogP contribution in [0, 0.1) is 5.92 Å². The lowest BCUT2D eigenvalue weighted by Gasteiger charge is -2.11. The number of nitrogens with zero attached hydrogens (tertiary/aromatic N) is 5. The number of aryl methyl sites for hydroxylation is 1. The number of hydrogen-bond acceptors (Lipinski definition) is 5. The zero-order chi connectivity index (χ0) is 18.3. The maximum absolute atomic E-state index is 6.50. The molecule has 1 atom stereocenters. The molecule has 1 aliphatic carbocycles. The highest BCUT2D eigenvalue weighted by Gasteiger charge is 2.35. The molecule has 1 saturated carbocycles. The van der Waals surface area contributed by atoms with Gasteiger partial charge in [0.05, 0.1) is 18.7 Å². The second kappa shape index (κ2) is 6.83. The quantitative estimate of drug-likeness (QED) is 0.641. The summed E-state index contributed by atoms with van der Waals surface area (Å²) in [5.41, 5.74) is 2.25. The molecule has 1 fully saturated rings. The molecule has 1 aromatic carbocycles. The largest absolute Gasteiger partial charge is 0.497 e. The van der Waals surface area contributed by atoms with E-state index in [1.165, 1.54) is 12.8 Å². The van der Waals surface area contributed by atoms with Gasteiger partial charge in [0.25, 0.3) is 0 Å². The fourth-order valence-corrected chi connectivity index (χ4v) is 3.66. The molecule has 7 heteroatoms. The molecular formula is C19H22ClN5O. The van der Waals surface area contributed by atoms with Crippen LogP contribution in [0.2, 0.25) is 5.02 Å². The number of halogens is 1. The van der Waals surface area contributed by atoms with Gasteiger partial charge in [-0.1, -0.05) is 18.5 Å². The van der Waals surface area contributed by atoms with E-state index in [1.54, 1.807) is 18.0 Å². The minimum atomic E-state index is 0.401. The monoisotopic (exact) mass is 371 g/mol. The summed E-state index contributed by atoms with van der Waals surface area (Å²) in [5, 5.41) is 9.74. The zero-order valence-corrected chi connectivity index (χ0v) is 16.0. The standard InChI is InChI=1S/C19H22ClN5O/c1-4-13(11-6-7-11)18-21-17-16(23-25(5-2)24-19(17)22-18)14-9-8-12(26-3)10-15(14)20/h8-11,13H,4-7H2,1-3H3. The number of benzene rings is 1. The van der Waals surface area contributed by atoms with Crippen LogP contribution in [0.4, 0.5) is 0 Å². The van der Waals surface area contributed by atoms with Gasteiger partial charge in [-0.15, -0.1) is 5.10 Å². The van der Waals surface area contributed by atoms with Gasteiger partial charge in [0.15, 0.2) is 0 Å². The predicted octanol–water partition coefficient (Wildman–Crippen LogP) is 4.43. The van der Waals surface area contributed by atoms with Crippen molar-refractivity contribution in [2.24, 2.45) is 5.92 Å². The van der Waals surface area contributed by atoms with Crippen LogP contribution in [0.15, 0.2) is 18.2 Å². The number of hydrogen-bond donors (Lipinski definition) is 0. The molecule has 0 spiro atoms. The Hall–Kier alpha value is -2.21. The molecule has 4 rings (SSSR count). The average molecular weight is 372 g/mol. The first kappa shape index (κ1) is 17.2. The molecule has 1 unspecified atom stereocenters. The molecule has 6 nitrogen and oxygen atoms in total. The van der Waals surface area contributed by atoms with Crippen LogP contribution in [-0.2, 0) is 6.54 Å². The smallest absolute Gasteiger partial charge is 0.204 e. The molecule has 0 aromatic heterocycles. The number of methoxy groups -OCH3 is 1. The molecule has 2 heterocycles. The first-order valence-electron chi connectivity index (χ1n) is 9.11. The summed E-state index contributed by atoms with van der Waals surface area (Å²) >= 11 is 6.50. The summed E-state index contributed by atoms with van der Waals surface area (Å²) in [5.74, 6) is 3.34. The molecule has 3 aliphatic rings. The van der Waals surface area contributed by atoms with E-state index in [9.17, 15) is 0 Å². The Bertz CT molecular complexity index is 905. The summed E-state index contributed by atoms with van der Waals surface area (Å²) in [4.78, 5) is 11.2. The maximum atomic E-state index is 6.50. The van der Waals surface area contributed by atoms with Crippen molar-refractivity contribution < 1.29 is 4.74 Å². The lowest BCUT2D eigenvalue weighted by atomic mass is 10.0. The van der Waals surface area contributed by atoms with Gasteiger partial charge in [0, 0.05) is 11.5 Å². The van der Waals surface area contributed by atoms with E-state index in [2.05, 4.69) is 17.1 Å². The van der Waals surface area contributed by atoms with E-state index < -0.39 is 0 Å². The highest BCUT2D eigenvalue weighted by atomic mass is 35.5. The highest BCUT2D eigenvalue weighted by molar-refractivity contribution is 6.33. The fraction of sp³-hybridized carbons (Fsp3) is 0.474. The van der Waals surface area contributed by atoms with E-state index in [0.29, 0.717) is 40.7 Å². The van der Waals surface area contributed by atoms with Crippen molar-refractivity contribution >= 4 is 11.6 Å². The van der Waals surface area contributed by atoms with Crippen molar-refractivity contribution in [1.29, 1.82) is 0 Å². The number of ether oxygens (including phenoxy) is 1. The Balaban J connectivity index is 1.87. The van der Waals surface area contributed by atoms with Gasteiger partial charge in [-0.2, -0.15) is 9.90 Å². The second-order valence-electron chi connectivity index (χ2n) is 6.69. The third-order valence-electron chi connectivity index (χ3n) is 4.99. The molecule has 26 heavy (non-hydrogen) atoms. The Kier molecular flexibility index (Phi) is 4.53. The Morgan fingerprint density at radius 3 is 2.62 bits per heavy atom. The van der Waals surface area contributed by atoms with Gasteiger partial charge in [0.1, 0.15) is 23.0 Å². The summed E-state index contributed by atoms with van der Waals surface area (Å²) in [6, 6.07) is 5.58. The van der Waals surface area contributed by atoms with Crippen LogP contribution in [0.25, 0.3) is 22.8 Å². The third kappa shape index (κ3) is 3.03. The number of aromatic nitrogens is 5. The SMILES string of the molecule is CCC(c1nc2nn(CC)nc(-c3ccc(OC)cc3Cl)c-2n1)C1CC1. The van der Waals surface area contributed by atoms with E-state index in [4.69, 9.17) is 26.3 Å². The van der Waals surface area contributed by atoms with E-state index >= 15 is 0 Å². The molecule has 2 aliphatic heterocycles. The second-order valence-corrected chi connectivity index (χ2v) is 7.10. The molecule has 0 N–H and O–H groups in total. The van der Waals surface area contributed by atoms with Crippen molar-refractivity contribution in [2.45, 2.75) is 45.6 Å². The van der Waals surface area contributed by atoms with Gasteiger partial charge in [-0.25, -0.2) is 9.97 Å². The van der Waals surface area contributed by atoms with E-state index in [1.807, 2.05) is 19.1 Å². The zero-order valence-electron chi connectivity index (χ0n) is 15.2. The molecule has 136 valence electrons. The van der Waals surface area contributed by atoms with Gasteiger partial charge in [0.2, 0.25) is 5.82 Å². The van der Waals surface area contributed by atoms with Crippen molar-refractivity contribution in [1.82, 2.24) is 25.0 Å². The number of rotatable bonds is 6. The molecular weight excluding hydrogens is 350 g/mol. The van der Waals surface area contributed by atoms with Crippen LogP contribution in [0.1, 0.15) is 44.9 Å². The topological polar surface area (TPSA) is 65.7 Å². The highest BCUT2D eigenvalue weighted by Crippen LogP contribution is 2.45. The lowest BCUT2D eigenvalue weighted by molar-refractivity contribution is 0.415. The van der Waals surface area contributed by atoms with Crippen LogP contribution in [0.5, 0.6) is 5.75 Å². The Labute approximate surface area is 157 Å². The summed E-state index contributed by atoms with van der Waals surface area (Å²) in [7, 11) is 1.62. The Morgan fingerprint density at radius 1 is 1.19 bits per heavy atom. The average Bonchev–Trinajstić information content (AvgIpc) is 3.39. The molecule has 0 saturated heterocycles. The van der Waals surface area contributed by atoms with Gasteiger partial charge >= 0.3 is 0 Å². The minimum Gasteiger partial charge on any atom is -0.497 e. The van der Waals surface area contributed by atoms with Gasteiger partial charge in [-0.05, 0) is 50.3 Å². The summed E-state index contributed by atoms with van der Waals surface area (Å²) in [6.07, 6.45) is 3.57. The third-order valence-corrected chi connectivity index (χ3v) is 5.30. The van der Waals surface area contributed by atoms with Crippen LogP contribution in [0.3, 0.4) is 0 Å². The lowest BCUT2D eigenvalue weighted by Crippen LogP contribution is -2.11. The summed E-state index contributed by atoms with van der Waals surface area (Å²) < 4.78 is 5.25. The molecule has 0 amide bonds. The molecule has 0 radical (unpaired) electrons. The fourth-order valence-electron chi connectivity index (χ4n) is 3.40. The van der Waals surface area contributed by atoms with Crippen molar-refractivity contribution in [3.05, 3.63) is 29.0 Å². The van der Waals surface area contributed by atoms with Crippen molar-refractivity contribution in [2.75, 3.05) is 7.11 Å². The van der Waals surface area contributed by atoms with E-state index in [0.717, 1.165) is 23.5 Å². The van der Waals surface area contributed by atoms with E-state index in [-0.39, 0.29) is 0 Å². The molecule has 0 bridgehead atoms. The Morgan fingerprint density at radius 2 is 2.00 bits per heavy atom. The van der Waals surface area contributed by atoms with Gasteiger partial charge in [-0.3, -0.25) is 0 Å². The molecule has 1 aromatic rings. The minimum absolute atomic E-state index is 0.401. The first-order chi connectivity index (χ1) is 12.6. The van der Waals surface area contributed by atoms with Crippen LogP contribution < -0.4 is 4.74 Å².